The molecule has 2 amide bonds. The Hall–Kier alpha value is -2.04. The van der Waals surface area contributed by atoms with Crippen LogP contribution in [0.25, 0.3) is 0 Å². The number of rotatable bonds is 8. The van der Waals surface area contributed by atoms with Gasteiger partial charge in [-0.25, -0.2) is 0 Å². The molecule has 1 rings (SSSR count). The first kappa shape index (κ1) is 18.0. The van der Waals surface area contributed by atoms with Crippen LogP contribution in [0.15, 0.2) is 24.3 Å². The molecule has 0 aliphatic carbocycles. The number of nitrogens with zero attached hydrogens (tertiary/aromatic N) is 1. The molecule has 1 unspecified atom stereocenters. The Balaban J connectivity index is 2.95. The van der Waals surface area contributed by atoms with Gasteiger partial charge in [-0.05, 0) is 31.0 Å². The first-order chi connectivity index (χ1) is 10.6. The van der Waals surface area contributed by atoms with Gasteiger partial charge in [-0.1, -0.05) is 26.0 Å². The van der Waals surface area contributed by atoms with Crippen molar-refractivity contribution in [2.45, 2.75) is 46.2 Å². The summed E-state index contributed by atoms with van der Waals surface area (Å²) >= 11 is 0. The van der Waals surface area contributed by atoms with Crippen molar-refractivity contribution in [1.29, 1.82) is 0 Å². The molecular weight excluding hydrogens is 280 g/mol. The highest BCUT2D eigenvalue weighted by Gasteiger charge is 2.27. The summed E-state index contributed by atoms with van der Waals surface area (Å²) in [6.45, 7) is 6.59. The molecule has 22 heavy (non-hydrogen) atoms. The fourth-order valence-corrected chi connectivity index (χ4v) is 2.34. The lowest BCUT2D eigenvalue weighted by Crippen LogP contribution is -2.48. The van der Waals surface area contributed by atoms with Crippen molar-refractivity contribution in [2.24, 2.45) is 0 Å². The average Bonchev–Trinajstić information content (AvgIpc) is 2.54. The van der Waals surface area contributed by atoms with Gasteiger partial charge in [0.2, 0.25) is 11.8 Å². The van der Waals surface area contributed by atoms with Gasteiger partial charge in [0.1, 0.15) is 11.8 Å². The van der Waals surface area contributed by atoms with Gasteiger partial charge in [0.05, 0.1) is 7.11 Å². The van der Waals surface area contributed by atoms with E-state index >= 15 is 0 Å². The zero-order valence-corrected chi connectivity index (χ0v) is 13.9. The number of hydrogen-bond donors (Lipinski definition) is 1. The van der Waals surface area contributed by atoms with E-state index in [1.165, 1.54) is 0 Å². The van der Waals surface area contributed by atoms with Crippen LogP contribution in [0, 0.1) is 0 Å². The third-order valence-corrected chi connectivity index (χ3v) is 3.55. The van der Waals surface area contributed by atoms with Crippen molar-refractivity contribution in [1.82, 2.24) is 10.2 Å². The summed E-state index contributed by atoms with van der Waals surface area (Å²) in [7, 11) is 1.62. The van der Waals surface area contributed by atoms with Crippen LogP contribution in [-0.4, -0.2) is 36.4 Å². The van der Waals surface area contributed by atoms with Gasteiger partial charge >= 0.3 is 0 Å². The monoisotopic (exact) mass is 306 g/mol. The molecule has 5 nitrogen and oxygen atoms in total. The second-order valence-corrected chi connectivity index (χ2v) is 5.04. The quantitative estimate of drug-likeness (QED) is 0.802. The SMILES string of the molecule is CCNC(=O)C(CC)N(Cc1ccc(OC)cc1)C(=O)CC. The highest BCUT2D eigenvalue weighted by Crippen LogP contribution is 2.16. The predicted octanol–water partition coefficient (Wildman–Crippen LogP) is 2.35. The molecule has 0 fully saturated rings. The summed E-state index contributed by atoms with van der Waals surface area (Å²) in [5.74, 6) is 0.655. The van der Waals surface area contributed by atoms with Gasteiger partial charge in [-0.15, -0.1) is 0 Å². The van der Waals surface area contributed by atoms with Gasteiger partial charge in [0.25, 0.3) is 0 Å². The lowest BCUT2D eigenvalue weighted by molar-refractivity contribution is -0.141. The van der Waals surface area contributed by atoms with Crippen molar-refractivity contribution < 1.29 is 14.3 Å². The number of ether oxygens (including phenoxy) is 1. The number of amides is 2. The van der Waals surface area contributed by atoms with Crippen molar-refractivity contribution in [3.63, 3.8) is 0 Å². The summed E-state index contributed by atoms with van der Waals surface area (Å²) in [5.41, 5.74) is 0.977. The minimum absolute atomic E-state index is 0.0195. The van der Waals surface area contributed by atoms with Crippen LogP contribution in [0.3, 0.4) is 0 Å². The number of benzene rings is 1. The van der Waals surface area contributed by atoms with Crippen molar-refractivity contribution in [3.05, 3.63) is 29.8 Å². The number of carbonyl (C=O) groups excluding carboxylic acids is 2. The van der Waals surface area contributed by atoms with E-state index in [0.29, 0.717) is 25.9 Å². The Morgan fingerprint density at radius 3 is 2.27 bits per heavy atom. The van der Waals surface area contributed by atoms with E-state index in [4.69, 9.17) is 4.74 Å². The van der Waals surface area contributed by atoms with Gasteiger partial charge < -0.3 is 15.0 Å². The number of nitrogens with one attached hydrogen (secondary N) is 1. The number of likely N-dealkylation sites (N-methyl/N-ethyl adjacent to an activating group) is 1. The molecule has 1 N–H and O–H groups in total. The maximum absolute atomic E-state index is 12.3. The van der Waals surface area contributed by atoms with Crippen molar-refractivity contribution >= 4 is 11.8 Å². The summed E-state index contributed by atoms with van der Waals surface area (Å²) in [6.07, 6.45) is 0.972. The van der Waals surface area contributed by atoms with Gasteiger partial charge in [-0.3, -0.25) is 9.59 Å². The maximum Gasteiger partial charge on any atom is 0.242 e. The van der Waals surface area contributed by atoms with Gasteiger partial charge in [0, 0.05) is 19.5 Å². The highest BCUT2D eigenvalue weighted by molar-refractivity contribution is 5.87. The molecule has 1 atom stereocenters. The largest absolute Gasteiger partial charge is 0.497 e. The van der Waals surface area contributed by atoms with E-state index in [0.717, 1.165) is 11.3 Å². The molecule has 0 spiro atoms. The Morgan fingerprint density at radius 2 is 1.82 bits per heavy atom. The Bertz CT molecular complexity index is 485. The minimum Gasteiger partial charge on any atom is -0.497 e. The van der Waals surface area contributed by atoms with E-state index in [2.05, 4.69) is 5.32 Å². The summed E-state index contributed by atoms with van der Waals surface area (Å²) in [5, 5.41) is 2.81. The van der Waals surface area contributed by atoms with Crippen LogP contribution in [0.1, 0.15) is 39.2 Å². The van der Waals surface area contributed by atoms with Crippen LogP contribution in [0.4, 0.5) is 0 Å². The number of carbonyl (C=O) groups is 2. The molecule has 0 aliphatic heterocycles. The number of methoxy groups -OCH3 is 1. The Labute approximate surface area is 132 Å². The third-order valence-electron chi connectivity index (χ3n) is 3.55. The zero-order chi connectivity index (χ0) is 16.5. The first-order valence-electron chi connectivity index (χ1n) is 7.77. The van der Waals surface area contributed by atoms with Crippen LogP contribution in [-0.2, 0) is 16.1 Å². The Kier molecular flexibility index (Phi) is 7.43. The van der Waals surface area contributed by atoms with Crippen molar-refractivity contribution in [2.75, 3.05) is 13.7 Å². The van der Waals surface area contributed by atoms with E-state index < -0.39 is 6.04 Å². The van der Waals surface area contributed by atoms with E-state index in [9.17, 15) is 9.59 Å². The normalized spacial score (nSPS) is 11.6. The van der Waals surface area contributed by atoms with Crippen LogP contribution in [0.2, 0.25) is 0 Å². The minimum atomic E-state index is -0.436. The Morgan fingerprint density at radius 1 is 1.18 bits per heavy atom. The molecule has 0 aromatic heterocycles. The summed E-state index contributed by atoms with van der Waals surface area (Å²) in [4.78, 5) is 26.1. The summed E-state index contributed by atoms with van der Waals surface area (Å²) < 4.78 is 5.14. The predicted molar refractivity (Wildman–Crippen MR) is 86.6 cm³/mol. The molecule has 1 aromatic rings. The van der Waals surface area contributed by atoms with E-state index in [1.54, 1.807) is 12.0 Å². The molecule has 0 bridgehead atoms. The van der Waals surface area contributed by atoms with Crippen LogP contribution >= 0.6 is 0 Å². The summed E-state index contributed by atoms with van der Waals surface area (Å²) in [6, 6.07) is 7.11. The standard InChI is InChI=1S/C17H26N2O3/c1-5-15(17(21)18-7-3)19(16(20)6-2)12-13-8-10-14(22-4)11-9-13/h8-11,15H,5-7,12H2,1-4H3,(H,18,21). The lowest BCUT2D eigenvalue weighted by atomic mass is 10.1. The second kappa shape index (κ2) is 9.07. The fourth-order valence-electron chi connectivity index (χ4n) is 2.34. The zero-order valence-electron chi connectivity index (χ0n) is 13.9. The number of hydrogen-bond acceptors (Lipinski definition) is 3. The lowest BCUT2D eigenvalue weighted by Gasteiger charge is -2.30. The molecule has 1 aromatic carbocycles. The fraction of sp³-hybridized carbons (Fsp3) is 0.529. The second-order valence-electron chi connectivity index (χ2n) is 5.04. The first-order valence-corrected chi connectivity index (χ1v) is 7.77. The molecule has 5 heteroatoms. The molecule has 0 radical (unpaired) electrons. The highest BCUT2D eigenvalue weighted by atomic mass is 16.5. The molecule has 0 saturated carbocycles. The third kappa shape index (κ3) is 4.76. The van der Waals surface area contributed by atoms with Crippen molar-refractivity contribution in [3.8, 4) is 5.75 Å². The van der Waals surface area contributed by atoms with Crippen LogP contribution in [0.5, 0.6) is 5.75 Å². The topological polar surface area (TPSA) is 58.6 Å². The molecule has 122 valence electrons. The molecule has 0 heterocycles. The van der Waals surface area contributed by atoms with E-state index in [-0.39, 0.29) is 11.8 Å². The van der Waals surface area contributed by atoms with Gasteiger partial charge in [0.15, 0.2) is 0 Å². The van der Waals surface area contributed by atoms with Gasteiger partial charge in [-0.2, -0.15) is 0 Å². The molecular formula is C17H26N2O3. The molecule has 0 aliphatic rings. The molecule has 0 saturated heterocycles. The smallest absolute Gasteiger partial charge is 0.242 e. The maximum atomic E-state index is 12.3. The van der Waals surface area contributed by atoms with Crippen LogP contribution < -0.4 is 10.1 Å². The average molecular weight is 306 g/mol. The van der Waals surface area contributed by atoms with E-state index in [1.807, 2.05) is 45.0 Å².